The van der Waals surface area contributed by atoms with Gasteiger partial charge in [-0.2, -0.15) is 0 Å². The van der Waals surface area contributed by atoms with Gasteiger partial charge in [-0.1, -0.05) is 0 Å². The highest BCUT2D eigenvalue weighted by Crippen LogP contribution is 2.23. The minimum Gasteiger partial charge on any atom is -0.293 e. The number of hydrogen-bond acceptors (Lipinski definition) is 6. The Morgan fingerprint density at radius 2 is 2.15 bits per heavy atom. The molecule has 3 aromatic heterocycles. The van der Waals surface area contributed by atoms with E-state index in [1.54, 1.807) is 11.3 Å². The minimum atomic E-state index is 0.850. The Hall–Kier alpha value is -2.12. The number of aryl methyl sites for hydroxylation is 1. The number of aromatic nitrogens is 4. The Labute approximate surface area is 156 Å². The van der Waals surface area contributed by atoms with Crippen LogP contribution in [0.3, 0.4) is 0 Å². The summed E-state index contributed by atoms with van der Waals surface area (Å²) in [6.45, 7) is 5.86. The van der Waals surface area contributed by atoms with Crippen molar-refractivity contribution in [2.24, 2.45) is 4.99 Å². The second kappa shape index (κ2) is 6.55. The molecule has 5 heterocycles. The van der Waals surface area contributed by atoms with E-state index in [4.69, 9.17) is 4.98 Å². The van der Waals surface area contributed by atoms with Gasteiger partial charge in [0.05, 0.1) is 22.8 Å². The van der Waals surface area contributed by atoms with Gasteiger partial charge in [0, 0.05) is 55.9 Å². The van der Waals surface area contributed by atoms with Crippen molar-refractivity contribution < 1.29 is 0 Å². The van der Waals surface area contributed by atoms with E-state index < -0.39 is 0 Å². The second-order valence-corrected chi connectivity index (χ2v) is 7.98. The lowest BCUT2D eigenvalue weighted by Gasteiger charge is -2.28. The number of fused-ring (bicyclic) bond motifs is 2. The van der Waals surface area contributed by atoms with Gasteiger partial charge in [-0.25, -0.2) is 15.0 Å². The Kier molecular flexibility index (Phi) is 4.05. The molecule has 0 N–H and O–H groups in total. The third-order valence-electron chi connectivity index (χ3n) is 5.33. The quantitative estimate of drug-likeness (QED) is 0.715. The van der Waals surface area contributed by atoms with Gasteiger partial charge in [0.2, 0.25) is 0 Å². The first-order valence-corrected chi connectivity index (χ1v) is 10.2. The molecule has 0 fully saturated rings. The maximum absolute atomic E-state index is 4.84. The molecule has 5 rings (SSSR count). The monoisotopic (exact) mass is 366 g/mol. The fourth-order valence-corrected chi connectivity index (χ4v) is 4.65. The van der Waals surface area contributed by atoms with Crippen LogP contribution < -0.4 is 0 Å². The normalized spacial score (nSPS) is 18.1. The van der Waals surface area contributed by atoms with Crippen molar-refractivity contribution in [2.45, 2.75) is 45.7 Å². The summed E-state index contributed by atoms with van der Waals surface area (Å²) in [5, 5.41) is 2.10. The topological polar surface area (TPSA) is 58.7 Å². The fraction of sp³-hybridized carbons (Fsp3) is 0.474. The van der Waals surface area contributed by atoms with Crippen molar-refractivity contribution >= 4 is 22.0 Å². The van der Waals surface area contributed by atoms with E-state index in [-0.39, 0.29) is 0 Å². The standard InChI is InChI=1S/C19H22N6S/c1-13-17(25-8-9-26-19(25)22-13)12-24-7-5-15-14(11-24)10-21-18(23-15)16-4-2-3-6-20-16/h8-10H,2-7,11-12H2,1H3. The molecule has 0 spiro atoms. The van der Waals surface area contributed by atoms with E-state index in [9.17, 15) is 0 Å². The van der Waals surface area contributed by atoms with Gasteiger partial charge < -0.3 is 0 Å². The van der Waals surface area contributed by atoms with Gasteiger partial charge in [-0.15, -0.1) is 11.3 Å². The van der Waals surface area contributed by atoms with E-state index >= 15 is 0 Å². The van der Waals surface area contributed by atoms with Gasteiger partial charge in [-0.05, 0) is 26.2 Å². The summed E-state index contributed by atoms with van der Waals surface area (Å²) in [5.74, 6) is 0.850. The smallest absolute Gasteiger partial charge is 0.194 e. The van der Waals surface area contributed by atoms with E-state index in [0.29, 0.717) is 0 Å². The van der Waals surface area contributed by atoms with Crippen molar-refractivity contribution in [3.63, 3.8) is 0 Å². The van der Waals surface area contributed by atoms with E-state index in [1.807, 2.05) is 6.20 Å². The number of aliphatic imine (C=N–C) groups is 1. The third kappa shape index (κ3) is 2.85. The molecule has 0 unspecified atom stereocenters. The minimum absolute atomic E-state index is 0.850. The Balaban J connectivity index is 1.36. The molecule has 0 radical (unpaired) electrons. The van der Waals surface area contributed by atoms with Gasteiger partial charge in [0.1, 0.15) is 0 Å². The first kappa shape index (κ1) is 16.1. The van der Waals surface area contributed by atoms with Crippen LogP contribution in [0.1, 0.15) is 47.7 Å². The van der Waals surface area contributed by atoms with Crippen LogP contribution in [-0.2, 0) is 19.5 Å². The van der Waals surface area contributed by atoms with Crippen LogP contribution in [-0.4, -0.2) is 43.1 Å². The maximum atomic E-state index is 4.84. The summed E-state index contributed by atoms with van der Waals surface area (Å²) in [6.07, 6.45) is 8.52. The van der Waals surface area contributed by atoms with Crippen LogP contribution in [0.25, 0.3) is 4.96 Å². The summed E-state index contributed by atoms with van der Waals surface area (Å²) in [7, 11) is 0. The average Bonchev–Trinajstić information content (AvgIpc) is 3.24. The van der Waals surface area contributed by atoms with Crippen LogP contribution in [0.4, 0.5) is 0 Å². The summed E-state index contributed by atoms with van der Waals surface area (Å²) in [4.78, 5) is 22.3. The summed E-state index contributed by atoms with van der Waals surface area (Å²) in [6, 6.07) is 0. The van der Waals surface area contributed by atoms with Gasteiger partial charge >= 0.3 is 0 Å². The Bertz CT molecular complexity index is 985. The van der Waals surface area contributed by atoms with Crippen molar-refractivity contribution in [2.75, 3.05) is 13.1 Å². The van der Waals surface area contributed by atoms with Crippen molar-refractivity contribution in [1.29, 1.82) is 0 Å². The molecule has 0 amide bonds. The Morgan fingerprint density at radius 1 is 1.19 bits per heavy atom. The highest BCUT2D eigenvalue weighted by atomic mass is 32.1. The molecular formula is C19H22N6S. The lowest BCUT2D eigenvalue weighted by atomic mass is 10.1. The predicted octanol–water partition coefficient (Wildman–Crippen LogP) is 3.03. The summed E-state index contributed by atoms with van der Waals surface area (Å²) >= 11 is 1.69. The van der Waals surface area contributed by atoms with Crippen molar-refractivity contribution in [1.82, 2.24) is 24.3 Å². The number of rotatable bonds is 3. The molecule has 0 atom stereocenters. The fourth-order valence-electron chi connectivity index (χ4n) is 3.87. The first-order chi connectivity index (χ1) is 12.8. The molecule has 134 valence electrons. The van der Waals surface area contributed by atoms with Crippen LogP contribution in [0.2, 0.25) is 0 Å². The molecule has 6 nitrogen and oxygen atoms in total. The molecule has 0 bridgehead atoms. The average molecular weight is 366 g/mol. The largest absolute Gasteiger partial charge is 0.293 e. The third-order valence-corrected chi connectivity index (χ3v) is 6.09. The van der Waals surface area contributed by atoms with Gasteiger partial charge in [0.25, 0.3) is 0 Å². The molecular weight excluding hydrogens is 344 g/mol. The molecule has 0 aromatic carbocycles. The zero-order valence-corrected chi connectivity index (χ0v) is 15.8. The molecule has 26 heavy (non-hydrogen) atoms. The molecule has 2 aliphatic rings. The lowest BCUT2D eigenvalue weighted by molar-refractivity contribution is 0.239. The first-order valence-electron chi connectivity index (χ1n) is 9.30. The maximum Gasteiger partial charge on any atom is 0.194 e. The van der Waals surface area contributed by atoms with Crippen LogP contribution in [0, 0.1) is 6.92 Å². The van der Waals surface area contributed by atoms with Crippen molar-refractivity contribution in [3.05, 3.63) is 46.2 Å². The molecule has 3 aromatic rings. The molecule has 7 heteroatoms. The SMILES string of the molecule is Cc1nc2sccn2c1CN1CCc2nc(C3=NCCCC3)ncc2C1. The lowest BCUT2D eigenvalue weighted by Crippen LogP contribution is -2.32. The number of imidazole rings is 1. The zero-order chi connectivity index (χ0) is 17.5. The van der Waals surface area contributed by atoms with E-state index in [0.717, 1.165) is 61.2 Å². The second-order valence-electron chi connectivity index (χ2n) is 7.11. The van der Waals surface area contributed by atoms with Crippen LogP contribution in [0.5, 0.6) is 0 Å². The highest BCUT2D eigenvalue weighted by Gasteiger charge is 2.22. The predicted molar refractivity (Wildman–Crippen MR) is 103 cm³/mol. The number of thiazole rings is 1. The van der Waals surface area contributed by atoms with Gasteiger partial charge in [-0.3, -0.25) is 14.3 Å². The van der Waals surface area contributed by atoms with Crippen molar-refractivity contribution in [3.8, 4) is 0 Å². The Morgan fingerprint density at radius 3 is 3.04 bits per heavy atom. The molecule has 0 aliphatic carbocycles. The summed E-state index contributed by atoms with van der Waals surface area (Å²) < 4.78 is 2.22. The van der Waals surface area contributed by atoms with E-state index in [2.05, 4.69) is 42.8 Å². The van der Waals surface area contributed by atoms with E-state index in [1.165, 1.54) is 29.8 Å². The van der Waals surface area contributed by atoms with Gasteiger partial charge in [0.15, 0.2) is 10.8 Å². The number of hydrogen-bond donors (Lipinski definition) is 0. The summed E-state index contributed by atoms with van der Waals surface area (Å²) in [5.41, 5.74) is 5.96. The number of nitrogens with zero attached hydrogens (tertiary/aromatic N) is 6. The molecule has 0 saturated heterocycles. The molecule has 0 saturated carbocycles. The van der Waals surface area contributed by atoms with Crippen LogP contribution in [0.15, 0.2) is 22.8 Å². The highest BCUT2D eigenvalue weighted by molar-refractivity contribution is 7.15. The van der Waals surface area contributed by atoms with Crippen LogP contribution >= 0.6 is 11.3 Å². The zero-order valence-electron chi connectivity index (χ0n) is 15.0. The molecule has 2 aliphatic heterocycles.